The van der Waals surface area contributed by atoms with Crippen LogP contribution in [0.4, 0.5) is 5.69 Å². The van der Waals surface area contributed by atoms with Gasteiger partial charge in [-0.1, -0.05) is 12.1 Å². The third-order valence-electron chi connectivity index (χ3n) is 2.64. The van der Waals surface area contributed by atoms with Gasteiger partial charge in [-0.25, -0.2) is 0 Å². The maximum Gasteiger partial charge on any atom is 0.307 e. The van der Waals surface area contributed by atoms with Crippen molar-refractivity contribution in [3.8, 4) is 0 Å². The summed E-state index contributed by atoms with van der Waals surface area (Å²) in [5.74, 6) is -1.08. The van der Waals surface area contributed by atoms with E-state index in [1.54, 1.807) is 12.1 Å². The van der Waals surface area contributed by atoms with Crippen molar-refractivity contribution in [3.63, 3.8) is 0 Å². The molecule has 1 aromatic carbocycles. The maximum absolute atomic E-state index is 10.6. The minimum atomic E-state index is -0.793. The van der Waals surface area contributed by atoms with Crippen LogP contribution in [0.1, 0.15) is 17.9 Å². The Hall–Kier alpha value is -1.91. The van der Waals surface area contributed by atoms with Crippen molar-refractivity contribution in [3.05, 3.63) is 39.9 Å². The zero-order valence-corrected chi connectivity index (χ0v) is 7.79. The monoisotopic (exact) mass is 207 g/mol. The summed E-state index contributed by atoms with van der Waals surface area (Å²) in [7, 11) is 0. The summed E-state index contributed by atoms with van der Waals surface area (Å²) < 4.78 is 0. The van der Waals surface area contributed by atoms with Crippen molar-refractivity contribution in [2.45, 2.75) is 12.3 Å². The van der Waals surface area contributed by atoms with Gasteiger partial charge in [0.25, 0.3) is 5.69 Å². The van der Waals surface area contributed by atoms with Crippen LogP contribution >= 0.6 is 0 Å². The second kappa shape index (κ2) is 3.34. The summed E-state index contributed by atoms with van der Waals surface area (Å²) in [6.45, 7) is 0. The lowest BCUT2D eigenvalue weighted by Crippen LogP contribution is -1.98. The number of hydrogen-bond donors (Lipinski definition) is 1. The Kier molecular flexibility index (Phi) is 2.15. The highest BCUT2D eigenvalue weighted by Crippen LogP contribution is 2.47. The highest BCUT2D eigenvalue weighted by Gasteiger charge is 2.44. The van der Waals surface area contributed by atoms with Crippen molar-refractivity contribution in [2.24, 2.45) is 5.92 Å². The van der Waals surface area contributed by atoms with E-state index in [0.717, 1.165) is 5.56 Å². The molecule has 5 heteroatoms. The average molecular weight is 207 g/mol. The molecule has 1 N–H and O–H groups in total. The Morgan fingerprint density at radius 3 is 2.40 bits per heavy atom. The summed E-state index contributed by atoms with van der Waals surface area (Å²) >= 11 is 0. The molecule has 0 unspecified atom stereocenters. The molecule has 1 aromatic rings. The number of non-ortho nitro benzene ring substituents is 1. The van der Waals surface area contributed by atoms with Crippen LogP contribution in [0.15, 0.2) is 24.3 Å². The number of benzene rings is 1. The molecule has 0 radical (unpaired) electrons. The molecule has 0 aromatic heterocycles. The van der Waals surface area contributed by atoms with Crippen LogP contribution in [0.2, 0.25) is 0 Å². The molecule has 0 heterocycles. The van der Waals surface area contributed by atoms with E-state index in [-0.39, 0.29) is 17.5 Å². The van der Waals surface area contributed by atoms with E-state index in [1.165, 1.54) is 12.1 Å². The minimum Gasteiger partial charge on any atom is -0.481 e. The van der Waals surface area contributed by atoms with Gasteiger partial charge in [-0.3, -0.25) is 14.9 Å². The quantitative estimate of drug-likeness (QED) is 0.605. The summed E-state index contributed by atoms with van der Waals surface area (Å²) in [5, 5.41) is 19.1. The first-order valence-corrected chi connectivity index (χ1v) is 4.57. The van der Waals surface area contributed by atoms with E-state index in [0.29, 0.717) is 6.42 Å². The maximum atomic E-state index is 10.6. The third kappa shape index (κ3) is 1.81. The first-order valence-electron chi connectivity index (χ1n) is 4.57. The fraction of sp³-hybridized carbons (Fsp3) is 0.300. The van der Waals surface area contributed by atoms with E-state index < -0.39 is 10.9 Å². The van der Waals surface area contributed by atoms with E-state index in [4.69, 9.17) is 5.11 Å². The summed E-state index contributed by atoms with van der Waals surface area (Å²) in [5.41, 5.74) is 0.902. The number of carboxylic acids is 1. The van der Waals surface area contributed by atoms with Gasteiger partial charge < -0.3 is 5.11 Å². The second-order valence-corrected chi connectivity index (χ2v) is 3.64. The van der Waals surface area contributed by atoms with Gasteiger partial charge in [0.15, 0.2) is 0 Å². The molecule has 2 rings (SSSR count). The summed E-state index contributed by atoms with van der Waals surface area (Å²) in [6, 6.07) is 6.08. The van der Waals surface area contributed by atoms with Crippen molar-refractivity contribution >= 4 is 11.7 Å². The number of aliphatic carboxylic acids is 1. The smallest absolute Gasteiger partial charge is 0.307 e. The fourth-order valence-electron chi connectivity index (χ4n) is 1.68. The summed E-state index contributed by atoms with van der Waals surface area (Å²) in [4.78, 5) is 20.5. The van der Waals surface area contributed by atoms with Crippen LogP contribution in [0, 0.1) is 16.0 Å². The highest BCUT2D eigenvalue weighted by atomic mass is 16.6. The van der Waals surface area contributed by atoms with Crippen LogP contribution in [0.5, 0.6) is 0 Å². The van der Waals surface area contributed by atoms with Gasteiger partial charge in [0.2, 0.25) is 0 Å². The van der Waals surface area contributed by atoms with Gasteiger partial charge >= 0.3 is 5.97 Å². The molecule has 0 aliphatic heterocycles. The Labute approximate surface area is 85.5 Å². The number of nitrogens with zero attached hydrogens (tertiary/aromatic N) is 1. The molecule has 0 amide bonds. The van der Waals surface area contributed by atoms with Crippen LogP contribution in [-0.2, 0) is 4.79 Å². The zero-order valence-electron chi connectivity index (χ0n) is 7.79. The molecule has 1 saturated carbocycles. The van der Waals surface area contributed by atoms with Gasteiger partial charge in [-0.15, -0.1) is 0 Å². The first-order chi connectivity index (χ1) is 7.09. The molecular weight excluding hydrogens is 198 g/mol. The average Bonchev–Trinajstić information content (AvgIpc) is 2.97. The Balaban J connectivity index is 2.12. The molecule has 0 spiro atoms. The molecule has 78 valence electrons. The van der Waals surface area contributed by atoms with Crippen LogP contribution in [0.3, 0.4) is 0 Å². The van der Waals surface area contributed by atoms with Gasteiger partial charge in [-0.2, -0.15) is 0 Å². The van der Waals surface area contributed by atoms with Crippen molar-refractivity contribution < 1.29 is 14.8 Å². The molecule has 1 aliphatic carbocycles. The van der Waals surface area contributed by atoms with Crippen LogP contribution < -0.4 is 0 Å². The van der Waals surface area contributed by atoms with Crippen molar-refractivity contribution in [1.29, 1.82) is 0 Å². The third-order valence-corrected chi connectivity index (χ3v) is 2.64. The highest BCUT2D eigenvalue weighted by molar-refractivity contribution is 5.75. The van der Waals surface area contributed by atoms with Gasteiger partial charge in [0, 0.05) is 12.1 Å². The number of nitro groups is 1. The van der Waals surface area contributed by atoms with Gasteiger partial charge in [0.1, 0.15) is 0 Å². The van der Waals surface area contributed by atoms with Crippen molar-refractivity contribution in [1.82, 2.24) is 0 Å². The second-order valence-electron chi connectivity index (χ2n) is 3.64. The molecule has 1 aliphatic rings. The first kappa shape index (κ1) is 9.64. The largest absolute Gasteiger partial charge is 0.481 e. The Morgan fingerprint density at radius 2 is 2.00 bits per heavy atom. The number of nitro benzene ring substituents is 1. The molecule has 0 bridgehead atoms. The molecule has 5 nitrogen and oxygen atoms in total. The predicted molar refractivity (Wildman–Crippen MR) is 51.6 cm³/mol. The molecule has 0 saturated heterocycles. The normalized spacial score (nSPS) is 23.5. The van der Waals surface area contributed by atoms with E-state index in [9.17, 15) is 14.9 Å². The topological polar surface area (TPSA) is 80.4 Å². The Bertz CT molecular complexity index is 412. The van der Waals surface area contributed by atoms with Crippen LogP contribution in [-0.4, -0.2) is 16.0 Å². The molecule has 15 heavy (non-hydrogen) atoms. The number of carboxylic acid groups (broad SMARTS) is 1. The zero-order chi connectivity index (χ0) is 11.0. The number of hydrogen-bond acceptors (Lipinski definition) is 3. The molecule has 2 atom stereocenters. The Morgan fingerprint density at radius 1 is 1.40 bits per heavy atom. The number of rotatable bonds is 3. The van der Waals surface area contributed by atoms with E-state index >= 15 is 0 Å². The molecular formula is C10H9NO4. The van der Waals surface area contributed by atoms with E-state index in [2.05, 4.69) is 0 Å². The minimum absolute atomic E-state index is 0.0308. The van der Waals surface area contributed by atoms with E-state index in [1.807, 2.05) is 0 Å². The lowest BCUT2D eigenvalue weighted by atomic mass is 10.1. The predicted octanol–water partition coefficient (Wildman–Crippen LogP) is 1.78. The number of carbonyl (C=O) groups is 1. The lowest BCUT2D eigenvalue weighted by Gasteiger charge is -1.97. The standard InChI is InChI=1S/C10H9NO4/c12-10(13)9-5-8(9)6-1-3-7(4-2-6)11(14)15/h1-4,8-9H,5H2,(H,12,13)/t8-,9-/m0/s1. The van der Waals surface area contributed by atoms with Crippen LogP contribution in [0.25, 0.3) is 0 Å². The van der Waals surface area contributed by atoms with Gasteiger partial charge in [0.05, 0.1) is 10.8 Å². The van der Waals surface area contributed by atoms with Crippen molar-refractivity contribution in [2.75, 3.05) is 0 Å². The molecule has 1 fully saturated rings. The van der Waals surface area contributed by atoms with Gasteiger partial charge in [-0.05, 0) is 17.9 Å². The fourth-order valence-corrected chi connectivity index (χ4v) is 1.68. The SMILES string of the molecule is O=C(O)[C@H]1C[C@H]1c1ccc([N+](=O)[O-])cc1. The lowest BCUT2D eigenvalue weighted by molar-refractivity contribution is -0.384. The summed E-state index contributed by atoms with van der Waals surface area (Å²) in [6.07, 6.45) is 0.632.